The van der Waals surface area contributed by atoms with E-state index in [2.05, 4.69) is 34.2 Å². The van der Waals surface area contributed by atoms with Gasteiger partial charge in [0.05, 0.1) is 6.10 Å². The quantitative estimate of drug-likeness (QED) is 0.239. The summed E-state index contributed by atoms with van der Waals surface area (Å²) in [4.78, 5) is 9.22. The van der Waals surface area contributed by atoms with E-state index in [1.807, 2.05) is 7.05 Å². The Morgan fingerprint density at radius 2 is 1.89 bits per heavy atom. The topological polar surface area (TPSA) is 58.6 Å². The molecule has 0 aromatic heterocycles. The summed E-state index contributed by atoms with van der Waals surface area (Å²) in [5, 5.41) is 3.63. The second kappa shape index (κ2) is 13.1. The number of ether oxygens (including phenoxy) is 3. The van der Waals surface area contributed by atoms with Crippen LogP contribution in [0, 0.1) is 0 Å². The van der Waals surface area contributed by atoms with Gasteiger partial charge in [-0.25, -0.2) is 0 Å². The molecule has 2 aliphatic heterocycles. The fraction of sp³-hybridized carbons (Fsp3) is 0.947. The third kappa shape index (κ3) is 7.64. The van der Waals surface area contributed by atoms with Gasteiger partial charge in [-0.3, -0.25) is 4.99 Å². The molecule has 160 valence electrons. The number of rotatable bonds is 8. The van der Waals surface area contributed by atoms with Gasteiger partial charge in [0.25, 0.3) is 0 Å². The number of halogens is 1. The van der Waals surface area contributed by atoms with Crippen molar-refractivity contribution in [2.24, 2.45) is 4.99 Å². The number of piperidine rings is 1. The van der Waals surface area contributed by atoms with Gasteiger partial charge in [0.15, 0.2) is 5.96 Å². The first-order valence-corrected chi connectivity index (χ1v) is 9.92. The average Bonchev–Trinajstić information content (AvgIpc) is 2.67. The number of hydrogen-bond donors (Lipinski definition) is 1. The number of likely N-dealkylation sites (tertiary alicyclic amines) is 1. The van der Waals surface area contributed by atoms with Crippen molar-refractivity contribution in [3.63, 3.8) is 0 Å². The molecule has 7 nitrogen and oxygen atoms in total. The largest absolute Gasteiger partial charge is 0.385 e. The van der Waals surface area contributed by atoms with E-state index in [-0.39, 0.29) is 29.5 Å². The summed E-state index contributed by atoms with van der Waals surface area (Å²) < 4.78 is 16.6. The Labute approximate surface area is 182 Å². The van der Waals surface area contributed by atoms with Crippen LogP contribution in [-0.2, 0) is 14.2 Å². The van der Waals surface area contributed by atoms with Crippen molar-refractivity contribution in [2.75, 3.05) is 74.3 Å². The smallest absolute Gasteiger partial charge is 0.193 e. The molecule has 8 heteroatoms. The van der Waals surface area contributed by atoms with E-state index in [1.54, 1.807) is 7.11 Å². The Balaban J connectivity index is 0.00000364. The molecule has 0 radical (unpaired) electrons. The molecule has 0 spiro atoms. The predicted molar refractivity (Wildman–Crippen MR) is 120 cm³/mol. The summed E-state index contributed by atoms with van der Waals surface area (Å²) in [7, 11) is 7.95. The lowest BCUT2D eigenvalue weighted by Gasteiger charge is -2.44. The van der Waals surface area contributed by atoms with E-state index in [4.69, 9.17) is 14.2 Å². The minimum absolute atomic E-state index is 0. The molecular weight excluding hydrogens is 459 g/mol. The highest BCUT2D eigenvalue weighted by Crippen LogP contribution is 2.25. The average molecular weight is 498 g/mol. The van der Waals surface area contributed by atoms with Crippen LogP contribution >= 0.6 is 24.0 Å². The highest BCUT2D eigenvalue weighted by atomic mass is 127. The molecule has 27 heavy (non-hydrogen) atoms. The van der Waals surface area contributed by atoms with Crippen LogP contribution < -0.4 is 5.32 Å². The second-order valence-electron chi connectivity index (χ2n) is 7.54. The minimum atomic E-state index is 0. The van der Waals surface area contributed by atoms with Gasteiger partial charge in [-0.05, 0) is 46.2 Å². The molecule has 0 aromatic carbocycles. The molecular formula is C19H39IN4O3. The van der Waals surface area contributed by atoms with E-state index in [0.29, 0.717) is 6.10 Å². The number of guanidine groups is 1. The van der Waals surface area contributed by atoms with Crippen molar-refractivity contribution in [1.82, 2.24) is 15.1 Å². The van der Waals surface area contributed by atoms with Crippen molar-refractivity contribution in [3.8, 4) is 0 Å². The van der Waals surface area contributed by atoms with E-state index in [0.717, 1.165) is 84.1 Å². The molecule has 0 aliphatic carbocycles. The van der Waals surface area contributed by atoms with E-state index in [9.17, 15) is 0 Å². The Morgan fingerprint density at radius 1 is 1.22 bits per heavy atom. The molecule has 2 heterocycles. The SMILES string of the molecule is CN=C(NCC1(N(C)C)CCOCC1)N1CCC(OCCCOC)CC1.I. The van der Waals surface area contributed by atoms with Crippen molar-refractivity contribution in [3.05, 3.63) is 0 Å². The molecule has 2 saturated heterocycles. The zero-order valence-electron chi connectivity index (χ0n) is 17.5. The standard InChI is InChI=1S/C19H38N4O3.HI/c1-20-18(21-16-19(22(2)3)8-14-25-15-9-19)23-10-6-17(7-11-23)26-13-5-12-24-4;/h17H,5-16H2,1-4H3,(H,20,21);1H. The lowest BCUT2D eigenvalue weighted by atomic mass is 9.88. The number of nitrogens with one attached hydrogen (secondary N) is 1. The van der Waals surface area contributed by atoms with Crippen LogP contribution in [0.2, 0.25) is 0 Å². The van der Waals surface area contributed by atoms with Gasteiger partial charge in [-0.1, -0.05) is 0 Å². The Hall–Kier alpha value is -0.160. The molecule has 0 amide bonds. The monoisotopic (exact) mass is 498 g/mol. The number of likely N-dealkylation sites (N-methyl/N-ethyl adjacent to an activating group) is 1. The van der Waals surface area contributed by atoms with E-state index in [1.165, 1.54) is 0 Å². The Bertz CT molecular complexity index is 423. The maximum atomic E-state index is 5.96. The predicted octanol–water partition coefficient (Wildman–Crippen LogP) is 1.81. The Kier molecular flexibility index (Phi) is 12.1. The van der Waals surface area contributed by atoms with Crippen LogP contribution in [0.4, 0.5) is 0 Å². The number of methoxy groups -OCH3 is 1. The Morgan fingerprint density at radius 3 is 2.44 bits per heavy atom. The van der Waals surface area contributed by atoms with Gasteiger partial charge in [0, 0.05) is 65.8 Å². The zero-order chi connectivity index (χ0) is 18.8. The highest BCUT2D eigenvalue weighted by Gasteiger charge is 2.35. The highest BCUT2D eigenvalue weighted by molar-refractivity contribution is 14.0. The van der Waals surface area contributed by atoms with Gasteiger partial charge >= 0.3 is 0 Å². The van der Waals surface area contributed by atoms with Crippen LogP contribution in [0.25, 0.3) is 0 Å². The summed E-state index contributed by atoms with van der Waals surface area (Å²) in [6, 6.07) is 0. The summed E-state index contributed by atoms with van der Waals surface area (Å²) in [6.07, 6.45) is 5.56. The normalized spacial score (nSPS) is 21.2. The molecule has 0 atom stereocenters. The maximum Gasteiger partial charge on any atom is 0.193 e. The number of hydrogen-bond acceptors (Lipinski definition) is 5. The molecule has 0 bridgehead atoms. The van der Waals surface area contributed by atoms with Crippen LogP contribution in [0.5, 0.6) is 0 Å². The van der Waals surface area contributed by atoms with Crippen molar-refractivity contribution in [2.45, 2.75) is 43.7 Å². The third-order valence-corrected chi connectivity index (χ3v) is 5.75. The van der Waals surface area contributed by atoms with Crippen molar-refractivity contribution >= 4 is 29.9 Å². The van der Waals surface area contributed by atoms with Crippen LogP contribution in [-0.4, -0.2) is 102 Å². The fourth-order valence-corrected chi connectivity index (χ4v) is 3.80. The lowest BCUT2D eigenvalue weighted by molar-refractivity contribution is -0.00606. The molecule has 0 unspecified atom stereocenters. The third-order valence-electron chi connectivity index (χ3n) is 5.75. The van der Waals surface area contributed by atoms with Gasteiger partial charge in [0.2, 0.25) is 0 Å². The van der Waals surface area contributed by atoms with Crippen LogP contribution in [0.3, 0.4) is 0 Å². The minimum Gasteiger partial charge on any atom is -0.385 e. The first-order valence-electron chi connectivity index (χ1n) is 9.92. The summed E-state index contributed by atoms with van der Waals surface area (Å²) in [5.41, 5.74) is 0.150. The van der Waals surface area contributed by atoms with Gasteiger partial charge in [-0.2, -0.15) is 0 Å². The molecule has 2 rings (SSSR count). The van der Waals surface area contributed by atoms with Crippen molar-refractivity contribution in [1.29, 1.82) is 0 Å². The fourth-order valence-electron chi connectivity index (χ4n) is 3.80. The summed E-state index contributed by atoms with van der Waals surface area (Å²) >= 11 is 0. The summed E-state index contributed by atoms with van der Waals surface area (Å²) in [5.74, 6) is 1.01. The first kappa shape index (κ1) is 24.9. The second-order valence-corrected chi connectivity index (χ2v) is 7.54. The number of aliphatic imine (C=N–C) groups is 1. The van der Waals surface area contributed by atoms with E-state index < -0.39 is 0 Å². The molecule has 0 aromatic rings. The molecule has 1 N–H and O–H groups in total. The molecule has 2 fully saturated rings. The van der Waals surface area contributed by atoms with Gasteiger partial charge in [-0.15, -0.1) is 24.0 Å². The van der Waals surface area contributed by atoms with Crippen molar-refractivity contribution < 1.29 is 14.2 Å². The van der Waals surface area contributed by atoms with Gasteiger partial charge in [0.1, 0.15) is 0 Å². The number of nitrogens with zero attached hydrogens (tertiary/aromatic N) is 3. The summed E-state index contributed by atoms with van der Waals surface area (Å²) in [6.45, 7) is 6.13. The van der Waals surface area contributed by atoms with E-state index >= 15 is 0 Å². The molecule has 2 aliphatic rings. The lowest BCUT2D eigenvalue weighted by Crippen LogP contribution is -2.58. The van der Waals surface area contributed by atoms with Crippen LogP contribution in [0.15, 0.2) is 4.99 Å². The zero-order valence-corrected chi connectivity index (χ0v) is 19.9. The maximum absolute atomic E-state index is 5.96. The molecule has 0 saturated carbocycles. The van der Waals surface area contributed by atoms with Crippen LogP contribution in [0.1, 0.15) is 32.1 Å². The first-order chi connectivity index (χ1) is 12.6. The van der Waals surface area contributed by atoms with Gasteiger partial charge < -0.3 is 29.3 Å².